The van der Waals surface area contributed by atoms with E-state index in [2.05, 4.69) is 15.6 Å². The van der Waals surface area contributed by atoms with Crippen molar-refractivity contribution in [3.8, 4) is 17.0 Å². The molecule has 6 nitrogen and oxygen atoms in total. The van der Waals surface area contributed by atoms with Gasteiger partial charge < -0.3 is 15.4 Å². The van der Waals surface area contributed by atoms with E-state index in [0.717, 1.165) is 21.9 Å². The van der Waals surface area contributed by atoms with Gasteiger partial charge in [0.15, 0.2) is 5.13 Å². The van der Waals surface area contributed by atoms with Gasteiger partial charge in [-0.05, 0) is 60.7 Å². The van der Waals surface area contributed by atoms with Crippen LogP contribution in [-0.2, 0) is 4.79 Å². The molecule has 0 atom stereocenters. The van der Waals surface area contributed by atoms with E-state index in [1.165, 1.54) is 29.2 Å². The minimum absolute atomic E-state index is 0.173. The number of thiazole rings is 1. The first-order valence-corrected chi connectivity index (χ1v) is 12.9. The molecule has 4 rings (SSSR count). The number of anilines is 2. The molecule has 0 unspecified atom stereocenters. The number of methoxy groups -OCH3 is 1. The molecule has 0 spiro atoms. The smallest absolute Gasteiger partial charge is 0.257 e. The van der Waals surface area contributed by atoms with E-state index in [0.29, 0.717) is 21.4 Å². The van der Waals surface area contributed by atoms with Crippen LogP contribution >= 0.6 is 46.3 Å². The highest BCUT2D eigenvalue weighted by molar-refractivity contribution is 8.00. The second kappa shape index (κ2) is 11.6. The summed E-state index contributed by atoms with van der Waals surface area (Å²) >= 11 is 14.7. The van der Waals surface area contributed by atoms with Crippen molar-refractivity contribution in [3.05, 3.63) is 87.7 Å². The summed E-state index contributed by atoms with van der Waals surface area (Å²) in [6.45, 7) is 0. The fourth-order valence-electron chi connectivity index (χ4n) is 3.07. The highest BCUT2D eigenvalue weighted by Gasteiger charge is 2.12. The number of rotatable bonds is 8. The summed E-state index contributed by atoms with van der Waals surface area (Å²) in [6.07, 6.45) is 0. The molecule has 0 aliphatic heterocycles. The van der Waals surface area contributed by atoms with Gasteiger partial charge in [-0.3, -0.25) is 9.59 Å². The quantitative estimate of drug-likeness (QED) is 0.231. The SMILES string of the molecule is COc1ccc(-c2csc(NC(=O)CSc3cccc(NC(=O)c4ccc(Cl)cc4Cl)c3)n2)cc1. The number of ether oxygens (including phenoxy) is 1. The first-order valence-electron chi connectivity index (χ1n) is 10.3. The fraction of sp³-hybridized carbons (Fsp3) is 0.0800. The third-order valence-corrected chi connectivity index (χ3v) is 7.07. The monoisotopic (exact) mass is 543 g/mol. The Kier molecular flexibility index (Phi) is 8.30. The van der Waals surface area contributed by atoms with E-state index in [-0.39, 0.29) is 22.6 Å². The summed E-state index contributed by atoms with van der Waals surface area (Å²) in [5.41, 5.74) is 2.64. The maximum Gasteiger partial charge on any atom is 0.257 e. The molecule has 0 aliphatic carbocycles. The Bertz CT molecular complexity index is 1360. The van der Waals surface area contributed by atoms with Crippen molar-refractivity contribution in [1.29, 1.82) is 0 Å². The molecule has 178 valence electrons. The van der Waals surface area contributed by atoms with E-state index >= 15 is 0 Å². The van der Waals surface area contributed by atoms with E-state index in [9.17, 15) is 9.59 Å². The summed E-state index contributed by atoms with van der Waals surface area (Å²) in [4.78, 5) is 30.3. The Morgan fingerprint density at radius 3 is 2.57 bits per heavy atom. The van der Waals surface area contributed by atoms with Crippen LogP contribution in [0.25, 0.3) is 11.3 Å². The molecule has 10 heteroatoms. The Balaban J connectivity index is 1.32. The van der Waals surface area contributed by atoms with Crippen molar-refractivity contribution in [1.82, 2.24) is 4.98 Å². The number of nitrogens with zero attached hydrogens (tertiary/aromatic N) is 1. The van der Waals surface area contributed by atoms with Crippen LogP contribution < -0.4 is 15.4 Å². The molecule has 2 N–H and O–H groups in total. The van der Waals surface area contributed by atoms with E-state index in [1.807, 2.05) is 35.7 Å². The van der Waals surface area contributed by atoms with Crippen LogP contribution in [-0.4, -0.2) is 29.7 Å². The number of aromatic nitrogens is 1. The predicted molar refractivity (Wildman–Crippen MR) is 144 cm³/mol. The zero-order valence-corrected chi connectivity index (χ0v) is 21.5. The zero-order chi connectivity index (χ0) is 24.8. The van der Waals surface area contributed by atoms with Crippen LogP contribution in [0.4, 0.5) is 10.8 Å². The maximum absolute atomic E-state index is 12.5. The van der Waals surface area contributed by atoms with Crippen LogP contribution in [0.2, 0.25) is 10.0 Å². The lowest BCUT2D eigenvalue weighted by molar-refractivity contribution is -0.113. The third-order valence-electron chi connectivity index (χ3n) is 4.77. The molecule has 0 fully saturated rings. The molecule has 1 aromatic heterocycles. The van der Waals surface area contributed by atoms with Crippen LogP contribution in [0.3, 0.4) is 0 Å². The second-order valence-corrected chi connectivity index (χ2v) is 9.96. The van der Waals surface area contributed by atoms with Crippen LogP contribution in [0.5, 0.6) is 5.75 Å². The molecule has 35 heavy (non-hydrogen) atoms. The molecule has 4 aromatic rings. The average Bonchev–Trinajstić information content (AvgIpc) is 3.31. The summed E-state index contributed by atoms with van der Waals surface area (Å²) in [5.74, 6) is 0.445. The lowest BCUT2D eigenvalue weighted by Gasteiger charge is -2.09. The van der Waals surface area contributed by atoms with Gasteiger partial charge in [-0.25, -0.2) is 4.98 Å². The number of amides is 2. The highest BCUT2D eigenvalue weighted by Crippen LogP contribution is 2.28. The Labute approximate surface area is 220 Å². The van der Waals surface area contributed by atoms with E-state index < -0.39 is 0 Å². The van der Waals surface area contributed by atoms with Crippen LogP contribution in [0.15, 0.2) is 77.0 Å². The first kappa shape index (κ1) is 25.1. The van der Waals surface area contributed by atoms with Gasteiger partial charge in [-0.1, -0.05) is 29.3 Å². The van der Waals surface area contributed by atoms with Gasteiger partial charge >= 0.3 is 0 Å². The number of benzene rings is 3. The molecule has 0 saturated carbocycles. The molecule has 2 amide bonds. The molecule has 0 saturated heterocycles. The third kappa shape index (κ3) is 6.76. The second-order valence-electron chi connectivity index (χ2n) is 7.21. The van der Waals surface area contributed by atoms with Gasteiger partial charge in [0, 0.05) is 26.5 Å². The van der Waals surface area contributed by atoms with Gasteiger partial charge in [-0.15, -0.1) is 23.1 Å². The minimum atomic E-state index is -0.344. The lowest BCUT2D eigenvalue weighted by Crippen LogP contribution is -2.14. The summed E-state index contributed by atoms with van der Waals surface area (Å²) < 4.78 is 5.17. The van der Waals surface area contributed by atoms with Crippen molar-refractivity contribution in [2.45, 2.75) is 4.90 Å². The largest absolute Gasteiger partial charge is 0.497 e. The normalized spacial score (nSPS) is 10.6. The number of carbonyl (C=O) groups excluding carboxylic acids is 2. The number of thioether (sulfide) groups is 1. The Hall–Kier alpha value is -3.04. The zero-order valence-electron chi connectivity index (χ0n) is 18.4. The number of hydrogen-bond acceptors (Lipinski definition) is 6. The molecule has 0 aliphatic rings. The molecular weight excluding hydrogens is 525 g/mol. The molecule has 3 aromatic carbocycles. The number of nitrogens with one attached hydrogen (secondary N) is 2. The number of halogens is 2. The predicted octanol–water partition coefficient (Wildman–Crippen LogP) is 7.11. The van der Waals surface area contributed by atoms with Gasteiger partial charge in [-0.2, -0.15) is 0 Å². The molecular formula is C25H19Cl2N3O3S2. The van der Waals surface area contributed by atoms with Crippen molar-refractivity contribution >= 4 is 68.9 Å². The molecule has 0 bridgehead atoms. The summed E-state index contributed by atoms with van der Waals surface area (Å²) in [5, 5.41) is 8.80. The molecule has 1 heterocycles. The van der Waals surface area contributed by atoms with Gasteiger partial charge in [0.25, 0.3) is 5.91 Å². The number of hydrogen-bond donors (Lipinski definition) is 2. The van der Waals surface area contributed by atoms with Crippen molar-refractivity contribution in [2.75, 3.05) is 23.5 Å². The van der Waals surface area contributed by atoms with Gasteiger partial charge in [0.05, 0.1) is 29.1 Å². The van der Waals surface area contributed by atoms with Crippen molar-refractivity contribution in [2.24, 2.45) is 0 Å². The van der Waals surface area contributed by atoms with E-state index in [1.54, 1.807) is 37.4 Å². The first-order chi connectivity index (χ1) is 16.9. The highest BCUT2D eigenvalue weighted by atomic mass is 35.5. The van der Waals surface area contributed by atoms with Crippen LogP contribution in [0.1, 0.15) is 10.4 Å². The standard InChI is InChI=1S/C25H19Cl2N3O3S2/c1-33-18-8-5-15(6-9-18)22-13-35-25(29-22)30-23(31)14-34-19-4-2-3-17(12-19)28-24(32)20-10-7-16(26)11-21(20)27/h2-13H,14H2,1H3,(H,28,32)(H,29,30,31). The summed E-state index contributed by atoms with van der Waals surface area (Å²) in [6, 6.07) is 19.5. The Morgan fingerprint density at radius 2 is 1.83 bits per heavy atom. The Morgan fingerprint density at radius 1 is 1.03 bits per heavy atom. The topological polar surface area (TPSA) is 80.3 Å². The lowest BCUT2D eigenvalue weighted by atomic mass is 10.2. The van der Waals surface area contributed by atoms with Crippen molar-refractivity contribution in [3.63, 3.8) is 0 Å². The maximum atomic E-state index is 12.5. The minimum Gasteiger partial charge on any atom is -0.497 e. The van der Waals surface area contributed by atoms with Gasteiger partial charge in [0.1, 0.15) is 5.75 Å². The molecule has 0 radical (unpaired) electrons. The van der Waals surface area contributed by atoms with E-state index in [4.69, 9.17) is 27.9 Å². The van der Waals surface area contributed by atoms with Crippen molar-refractivity contribution < 1.29 is 14.3 Å². The fourth-order valence-corrected chi connectivity index (χ4v) is 5.05. The van der Waals surface area contributed by atoms with Crippen LogP contribution in [0, 0.1) is 0 Å². The van der Waals surface area contributed by atoms with Gasteiger partial charge in [0.2, 0.25) is 5.91 Å². The number of carbonyl (C=O) groups is 2. The summed E-state index contributed by atoms with van der Waals surface area (Å²) in [7, 11) is 1.62. The average molecular weight is 544 g/mol.